The second-order valence-corrected chi connectivity index (χ2v) is 8.41. The molecule has 2 rings (SSSR count). The Bertz CT molecular complexity index is 944. The van der Waals surface area contributed by atoms with Gasteiger partial charge >= 0.3 is 0 Å². The predicted octanol–water partition coefficient (Wildman–Crippen LogP) is 4.00. The van der Waals surface area contributed by atoms with Gasteiger partial charge in [0.15, 0.2) is 0 Å². The summed E-state index contributed by atoms with van der Waals surface area (Å²) < 4.78 is 0. The molecule has 2 N–H and O–H groups in total. The van der Waals surface area contributed by atoms with Crippen LogP contribution in [0, 0.1) is 0 Å². The van der Waals surface area contributed by atoms with E-state index in [2.05, 4.69) is 89.0 Å². The summed E-state index contributed by atoms with van der Waals surface area (Å²) in [6, 6.07) is 0.433. The van der Waals surface area contributed by atoms with Crippen molar-refractivity contribution in [3.05, 3.63) is 72.3 Å². The van der Waals surface area contributed by atoms with Gasteiger partial charge in [-0.05, 0) is 39.5 Å². The molecule has 0 bridgehead atoms. The SMILES string of the molecule is C=C(C/C=C\CC1=CC(C)=CC(C)N1C)NC1=NC=CC(N(C)/N=C(/C)C(=C)CNC)=NC1. The van der Waals surface area contributed by atoms with E-state index in [1.807, 2.05) is 27.1 Å². The molecule has 0 saturated carbocycles. The van der Waals surface area contributed by atoms with Crippen molar-refractivity contribution in [2.45, 2.75) is 39.7 Å². The van der Waals surface area contributed by atoms with Crippen molar-refractivity contribution in [2.24, 2.45) is 15.1 Å². The molecule has 0 amide bonds. The van der Waals surface area contributed by atoms with Gasteiger partial charge in [0.2, 0.25) is 0 Å². The van der Waals surface area contributed by atoms with Crippen LogP contribution in [0.3, 0.4) is 0 Å². The maximum Gasteiger partial charge on any atom is 0.145 e. The summed E-state index contributed by atoms with van der Waals surface area (Å²) >= 11 is 0. The van der Waals surface area contributed by atoms with E-state index in [-0.39, 0.29) is 0 Å². The van der Waals surface area contributed by atoms with Crippen LogP contribution in [0.25, 0.3) is 0 Å². The first kappa shape index (κ1) is 26.1. The number of nitrogens with zero attached hydrogens (tertiary/aromatic N) is 5. The molecule has 2 heterocycles. The van der Waals surface area contributed by atoms with E-state index in [9.17, 15) is 0 Å². The highest BCUT2D eigenvalue weighted by Crippen LogP contribution is 2.21. The van der Waals surface area contributed by atoms with Crippen molar-refractivity contribution in [2.75, 3.05) is 34.2 Å². The molecule has 0 fully saturated rings. The Hall–Kier alpha value is -3.19. The molecule has 7 nitrogen and oxygen atoms in total. The standard InChI is InChI=1S/C26H39N7/c1-19-15-22(4)32(7)24(16-19)12-10-9-11-21(3)30-25-18-29-26(13-14-28-25)33(8)31-23(5)20(2)17-27-6/h9-10,13-16,22,27H,2-3,11-12,17-18H2,1,4-8H3,(H,28,30)/b10-9-,31-23-. The van der Waals surface area contributed by atoms with Crippen LogP contribution in [0.5, 0.6) is 0 Å². The Balaban J connectivity index is 1.85. The number of allylic oxidation sites excluding steroid dienone is 4. The van der Waals surface area contributed by atoms with Crippen LogP contribution >= 0.6 is 0 Å². The monoisotopic (exact) mass is 449 g/mol. The van der Waals surface area contributed by atoms with Crippen molar-refractivity contribution in [3.8, 4) is 0 Å². The van der Waals surface area contributed by atoms with E-state index in [0.29, 0.717) is 19.1 Å². The molecular weight excluding hydrogens is 410 g/mol. The Morgan fingerprint density at radius 1 is 1.36 bits per heavy atom. The lowest BCUT2D eigenvalue weighted by Crippen LogP contribution is -2.29. The zero-order valence-corrected chi connectivity index (χ0v) is 21.0. The molecule has 33 heavy (non-hydrogen) atoms. The van der Waals surface area contributed by atoms with Crippen LogP contribution in [0.4, 0.5) is 0 Å². The number of rotatable bonds is 9. The molecule has 0 spiro atoms. The van der Waals surface area contributed by atoms with E-state index in [1.54, 1.807) is 11.2 Å². The van der Waals surface area contributed by atoms with Gasteiger partial charge < -0.3 is 15.5 Å². The summed E-state index contributed by atoms with van der Waals surface area (Å²) in [7, 11) is 5.91. The second-order valence-electron chi connectivity index (χ2n) is 8.41. The zero-order chi connectivity index (χ0) is 24.4. The topological polar surface area (TPSA) is 67.6 Å². The smallest absolute Gasteiger partial charge is 0.145 e. The van der Waals surface area contributed by atoms with E-state index in [4.69, 9.17) is 0 Å². The van der Waals surface area contributed by atoms with E-state index < -0.39 is 0 Å². The molecule has 0 aromatic carbocycles. The van der Waals surface area contributed by atoms with Crippen molar-refractivity contribution in [1.82, 2.24) is 20.5 Å². The predicted molar refractivity (Wildman–Crippen MR) is 143 cm³/mol. The van der Waals surface area contributed by atoms with E-state index in [0.717, 1.165) is 41.5 Å². The minimum Gasteiger partial charge on any atom is -0.371 e. The van der Waals surface area contributed by atoms with Crippen LogP contribution in [0.15, 0.2) is 87.4 Å². The van der Waals surface area contributed by atoms with Gasteiger partial charge in [0, 0.05) is 63.2 Å². The fraction of sp³-hybridized carbons (Fsp3) is 0.423. The van der Waals surface area contributed by atoms with Crippen LogP contribution in [-0.2, 0) is 0 Å². The Morgan fingerprint density at radius 3 is 2.85 bits per heavy atom. The Kier molecular flexibility index (Phi) is 10.1. The van der Waals surface area contributed by atoms with Gasteiger partial charge in [0.05, 0.1) is 12.3 Å². The second kappa shape index (κ2) is 12.7. The first-order valence-electron chi connectivity index (χ1n) is 11.3. The van der Waals surface area contributed by atoms with E-state index >= 15 is 0 Å². The summed E-state index contributed by atoms with van der Waals surface area (Å²) in [5, 5.41) is 12.7. The molecule has 1 atom stereocenters. The minimum absolute atomic E-state index is 0.433. The molecule has 0 radical (unpaired) electrons. The fourth-order valence-electron chi connectivity index (χ4n) is 3.47. The highest BCUT2D eigenvalue weighted by atomic mass is 15.5. The van der Waals surface area contributed by atoms with Gasteiger partial charge in [-0.3, -0.25) is 10.0 Å². The molecule has 2 aliphatic rings. The number of hydrogen-bond donors (Lipinski definition) is 2. The van der Waals surface area contributed by atoms with Gasteiger partial charge in [-0.15, -0.1) is 0 Å². The highest BCUT2D eigenvalue weighted by molar-refractivity contribution is 6.01. The molecule has 2 aliphatic heterocycles. The van der Waals surface area contributed by atoms with Crippen LogP contribution < -0.4 is 10.6 Å². The minimum atomic E-state index is 0.433. The van der Waals surface area contributed by atoms with Gasteiger partial charge in [0.1, 0.15) is 11.7 Å². The molecule has 0 aromatic rings. The largest absolute Gasteiger partial charge is 0.371 e. The first-order valence-corrected chi connectivity index (χ1v) is 11.3. The molecule has 7 heteroatoms. The lowest BCUT2D eigenvalue weighted by molar-refractivity contribution is 0.359. The number of amidine groups is 2. The van der Waals surface area contributed by atoms with Crippen molar-refractivity contribution in [1.29, 1.82) is 0 Å². The van der Waals surface area contributed by atoms with Crippen molar-refractivity contribution >= 4 is 17.4 Å². The summed E-state index contributed by atoms with van der Waals surface area (Å²) in [6.07, 6.45) is 14.1. The maximum atomic E-state index is 4.63. The number of likely N-dealkylation sites (N-methyl/N-ethyl adjacent to an activating group) is 3. The number of nitrogens with one attached hydrogen (secondary N) is 2. The van der Waals surface area contributed by atoms with Crippen molar-refractivity contribution < 1.29 is 0 Å². The summed E-state index contributed by atoms with van der Waals surface area (Å²) in [5.74, 6) is 1.50. The first-order chi connectivity index (χ1) is 15.7. The summed E-state index contributed by atoms with van der Waals surface area (Å²) in [4.78, 5) is 11.4. The van der Waals surface area contributed by atoms with Crippen LogP contribution in [-0.4, -0.2) is 67.6 Å². The Labute approximate surface area is 199 Å². The average Bonchev–Trinajstić information content (AvgIpc) is 3.00. The number of hydrogen-bond acceptors (Lipinski definition) is 7. The fourth-order valence-corrected chi connectivity index (χ4v) is 3.47. The molecule has 0 aromatic heterocycles. The normalized spacial score (nSPS) is 18.9. The van der Waals surface area contributed by atoms with Gasteiger partial charge in [0.25, 0.3) is 0 Å². The van der Waals surface area contributed by atoms with Gasteiger partial charge in [-0.2, -0.15) is 5.10 Å². The zero-order valence-electron chi connectivity index (χ0n) is 21.0. The van der Waals surface area contributed by atoms with E-state index in [1.165, 1.54) is 11.3 Å². The average molecular weight is 450 g/mol. The third-order valence-corrected chi connectivity index (χ3v) is 5.52. The van der Waals surface area contributed by atoms with Gasteiger partial charge in [-0.1, -0.05) is 37.0 Å². The third-order valence-electron chi connectivity index (χ3n) is 5.52. The molecule has 0 saturated heterocycles. The molecule has 1 unspecified atom stereocenters. The van der Waals surface area contributed by atoms with Crippen molar-refractivity contribution in [3.63, 3.8) is 0 Å². The molecule has 178 valence electrons. The lowest BCUT2D eigenvalue weighted by Gasteiger charge is -2.30. The maximum absolute atomic E-state index is 4.63. The van der Waals surface area contributed by atoms with Crippen LogP contribution in [0.1, 0.15) is 33.6 Å². The molecular formula is C26H39N7. The molecule has 0 aliphatic carbocycles. The lowest BCUT2D eigenvalue weighted by atomic mass is 10.0. The summed E-state index contributed by atoms with van der Waals surface area (Å²) in [6.45, 7) is 15.6. The van der Waals surface area contributed by atoms with Crippen LogP contribution in [0.2, 0.25) is 0 Å². The highest BCUT2D eigenvalue weighted by Gasteiger charge is 2.13. The summed E-state index contributed by atoms with van der Waals surface area (Å²) in [5.41, 5.74) is 5.34. The quantitative estimate of drug-likeness (QED) is 0.317. The van der Waals surface area contributed by atoms with Gasteiger partial charge in [-0.25, -0.2) is 4.99 Å². The number of hydrazone groups is 1. The number of aliphatic imine (C=N–C) groups is 2. The third kappa shape index (κ3) is 8.35. The Morgan fingerprint density at radius 2 is 2.12 bits per heavy atom.